The molecule has 1 rings (SSSR count). The van der Waals surface area contributed by atoms with Crippen LogP contribution in [0.2, 0.25) is 0 Å². The van der Waals surface area contributed by atoms with E-state index in [9.17, 15) is 14.5 Å². The molecule has 12 heavy (non-hydrogen) atoms. The second-order valence-electron chi connectivity index (χ2n) is 2.31. The van der Waals surface area contributed by atoms with Gasteiger partial charge in [-0.2, -0.15) is 0 Å². The Hall–Kier alpha value is -0.970. The Bertz CT molecular complexity index is 340. The molecule has 3 nitrogen and oxygen atoms in total. The lowest BCUT2D eigenvalue weighted by molar-refractivity contribution is -0.385. The summed E-state index contributed by atoms with van der Waals surface area (Å²) < 4.78 is 13.0. The van der Waals surface area contributed by atoms with Gasteiger partial charge in [0.15, 0.2) is 0 Å². The van der Waals surface area contributed by atoms with Gasteiger partial charge in [-0.05, 0) is 28.9 Å². The molecule has 5 heteroatoms. The first-order chi connectivity index (χ1) is 5.52. The topological polar surface area (TPSA) is 43.1 Å². The molecule has 0 heterocycles. The molecule has 0 amide bonds. The number of nitro benzene ring substituents is 1. The van der Waals surface area contributed by atoms with Gasteiger partial charge in [0.05, 0.1) is 15.5 Å². The van der Waals surface area contributed by atoms with Crippen molar-refractivity contribution in [2.24, 2.45) is 0 Å². The van der Waals surface area contributed by atoms with Gasteiger partial charge in [0.1, 0.15) is 5.82 Å². The summed E-state index contributed by atoms with van der Waals surface area (Å²) in [6.45, 7) is 1.56. The summed E-state index contributed by atoms with van der Waals surface area (Å²) in [6, 6.07) is 2.28. The lowest BCUT2D eigenvalue weighted by Gasteiger charge is -1.98. The SMILES string of the molecule is Cc1cc(Br)c(F)cc1[N+](=O)[O-]. The highest BCUT2D eigenvalue weighted by Crippen LogP contribution is 2.25. The molecule has 0 atom stereocenters. The van der Waals surface area contributed by atoms with Gasteiger partial charge in [-0.15, -0.1) is 0 Å². The van der Waals surface area contributed by atoms with Crippen LogP contribution < -0.4 is 0 Å². The Labute approximate surface area is 76.5 Å². The van der Waals surface area contributed by atoms with Crippen molar-refractivity contribution >= 4 is 21.6 Å². The summed E-state index contributed by atoms with van der Waals surface area (Å²) in [6.07, 6.45) is 0. The highest BCUT2D eigenvalue weighted by atomic mass is 79.9. The fourth-order valence-electron chi connectivity index (χ4n) is 0.832. The summed E-state index contributed by atoms with van der Waals surface area (Å²) in [5.41, 5.74) is 0.240. The van der Waals surface area contributed by atoms with Gasteiger partial charge in [-0.1, -0.05) is 0 Å². The quantitative estimate of drug-likeness (QED) is 0.553. The smallest absolute Gasteiger partial charge is 0.258 e. The monoisotopic (exact) mass is 233 g/mol. The fraction of sp³-hybridized carbons (Fsp3) is 0.143. The average Bonchev–Trinajstić information content (AvgIpc) is 1.96. The van der Waals surface area contributed by atoms with Crippen molar-refractivity contribution in [1.82, 2.24) is 0 Å². The first-order valence-corrected chi connectivity index (χ1v) is 3.91. The van der Waals surface area contributed by atoms with Crippen LogP contribution in [0, 0.1) is 22.9 Å². The minimum Gasteiger partial charge on any atom is -0.258 e. The van der Waals surface area contributed by atoms with Gasteiger partial charge < -0.3 is 0 Å². The Morgan fingerprint density at radius 1 is 1.58 bits per heavy atom. The van der Waals surface area contributed by atoms with Crippen LogP contribution >= 0.6 is 15.9 Å². The third-order valence-corrected chi connectivity index (χ3v) is 2.04. The van der Waals surface area contributed by atoms with E-state index in [1.807, 2.05) is 0 Å². The lowest BCUT2D eigenvalue weighted by atomic mass is 10.2. The predicted octanol–water partition coefficient (Wildman–Crippen LogP) is 2.80. The lowest BCUT2D eigenvalue weighted by Crippen LogP contribution is -1.93. The van der Waals surface area contributed by atoms with Crippen molar-refractivity contribution in [1.29, 1.82) is 0 Å². The van der Waals surface area contributed by atoms with Crippen LogP contribution in [-0.4, -0.2) is 4.92 Å². The standard InChI is InChI=1S/C7H5BrFNO2/c1-4-2-5(8)6(9)3-7(4)10(11)12/h2-3H,1H3. The zero-order valence-electron chi connectivity index (χ0n) is 6.17. The summed E-state index contributed by atoms with van der Waals surface area (Å²) in [4.78, 5) is 9.70. The van der Waals surface area contributed by atoms with E-state index < -0.39 is 10.7 Å². The maximum atomic E-state index is 12.8. The summed E-state index contributed by atoms with van der Waals surface area (Å²) in [7, 11) is 0. The number of halogens is 2. The van der Waals surface area contributed by atoms with Crippen molar-refractivity contribution in [3.8, 4) is 0 Å². The third kappa shape index (κ3) is 1.61. The average molecular weight is 234 g/mol. The van der Waals surface area contributed by atoms with Crippen LogP contribution in [0.15, 0.2) is 16.6 Å². The molecule has 0 bridgehead atoms. The number of nitro groups is 1. The maximum absolute atomic E-state index is 12.8. The Balaban J connectivity index is 3.33. The molecule has 1 aromatic carbocycles. The van der Waals surface area contributed by atoms with Gasteiger partial charge in [0.25, 0.3) is 5.69 Å². The molecule has 0 fully saturated rings. The van der Waals surface area contributed by atoms with Crippen LogP contribution in [0.25, 0.3) is 0 Å². The van der Waals surface area contributed by atoms with Crippen LogP contribution in [0.3, 0.4) is 0 Å². The van der Waals surface area contributed by atoms with E-state index in [2.05, 4.69) is 15.9 Å². The third-order valence-electron chi connectivity index (χ3n) is 1.44. The van der Waals surface area contributed by atoms with Crippen molar-refractivity contribution < 1.29 is 9.31 Å². The molecule has 0 aliphatic heterocycles. The minimum absolute atomic E-state index is 0.198. The summed E-state index contributed by atoms with van der Waals surface area (Å²) in [5, 5.41) is 10.3. The van der Waals surface area contributed by atoms with E-state index in [-0.39, 0.29) is 10.2 Å². The number of benzene rings is 1. The molecular formula is C7H5BrFNO2. The van der Waals surface area contributed by atoms with E-state index in [0.717, 1.165) is 6.07 Å². The molecule has 0 aliphatic rings. The van der Waals surface area contributed by atoms with Gasteiger partial charge >= 0.3 is 0 Å². The molecule has 0 spiro atoms. The van der Waals surface area contributed by atoms with E-state index in [1.54, 1.807) is 6.92 Å². The largest absolute Gasteiger partial charge is 0.275 e. The molecule has 0 N–H and O–H groups in total. The van der Waals surface area contributed by atoms with Crippen LogP contribution in [0.1, 0.15) is 5.56 Å². The predicted molar refractivity (Wildman–Crippen MR) is 45.5 cm³/mol. The fourth-order valence-corrected chi connectivity index (χ4v) is 1.29. The Morgan fingerprint density at radius 2 is 2.17 bits per heavy atom. The van der Waals surface area contributed by atoms with E-state index in [0.29, 0.717) is 5.56 Å². The van der Waals surface area contributed by atoms with Crippen LogP contribution in [0.5, 0.6) is 0 Å². The van der Waals surface area contributed by atoms with Crippen molar-refractivity contribution in [3.63, 3.8) is 0 Å². The molecule has 0 saturated carbocycles. The van der Waals surface area contributed by atoms with Gasteiger partial charge in [-0.3, -0.25) is 10.1 Å². The summed E-state index contributed by atoms with van der Waals surface area (Å²) >= 11 is 2.93. The molecule has 0 radical (unpaired) electrons. The number of hydrogen-bond acceptors (Lipinski definition) is 2. The van der Waals surface area contributed by atoms with E-state index >= 15 is 0 Å². The Kier molecular flexibility index (Phi) is 2.42. The first kappa shape index (κ1) is 9.12. The van der Waals surface area contributed by atoms with E-state index in [1.165, 1.54) is 6.07 Å². The van der Waals surface area contributed by atoms with E-state index in [4.69, 9.17) is 0 Å². The molecule has 0 saturated heterocycles. The highest BCUT2D eigenvalue weighted by Gasteiger charge is 2.13. The normalized spacial score (nSPS) is 9.92. The summed E-state index contributed by atoms with van der Waals surface area (Å²) in [5.74, 6) is -0.618. The zero-order chi connectivity index (χ0) is 9.30. The molecule has 0 unspecified atom stereocenters. The number of nitrogens with zero attached hydrogens (tertiary/aromatic N) is 1. The minimum atomic E-state index is -0.618. The highest BCUT2D eigenvalue weighted by molar-refractivity contribution is 9.10. The van der Waals surface area contributed by atoms with Crippen LogP contribution in [-0.2, 0) is 0 Å². The molecule has 0 aromatic heterocycles. The number of hydrogen-bond donors (Lipinski definition) is 0. The van der Waals surface area contributed by atoms with Gasteiger partial charge in [0, 0.05) is 5.56 Å². The number of aryl methyl sites for hydroxylation is 1. The maximum Gasteiger partial charge on any atom is 0.275 e. The Morgan fingerprint density at radius 3 is 2.67 bits per heavy atom. The molecule has 1 aromatic rings. The second-order valence-corrected chi connectivity index (χ2v) is 3.16. The van der Waals surface area contributed by atoms with Gasteiger partial charge in [-0.25, -0.2) is 4.39 Å². The van der Waals surface area contributed by atoms with Crippen molar-refractivity contribution in [2.45, 2.75) is 6.92 Å². The zero-order valence-corrected chi connectivity index (χ0v) is 7.76. The number of rotatable bonds is 1. The second kappa shape index (κ2) is 3.18. The van der Waals surface area contributed by atoms with Crippen LogP contribution in [0.4, 0.5) is 10.1 Å². The first-order valence-electron chi connectivity index (χ1n) is 3.12. The van der Waals surface area contributed by atoms with Crippen molar-refractivity contribution in [3.05, 3.63) is 38.1 Å². The molecule has 64 valence electrons. The molecular weight excluding hydrogens is 229 g/mol. The van der Waals surface area contributed by atoms with Crippen molar-refractivity contribution in [2.75, 3.05) is 0 Å². The van der Waals surface area contributed by atoms with Gasteiger partial charge in [0.2, 0.25) is 0 Å². The molecule has 0 aliphatic carbocycles.